The van der Waals surface area contributed by atoms with Gasteiger partial charge in [0.2, 0.25) is 0 Å². The number of ether oxygens (including phenoxy) is 1. The van der Waals surface area contributed by atoms with E-state index in [1.54, 1.807) is 6.07 Å². The smallest absolute Gasteiger partial charge is 0.165 e. The molecule has 2 N–H and O–H groups in total. The van der Waals surface area contributed by atoms with Crippen LogP contribution in [-0.4, -0.2) is 30.6 Å². The van der Waals surface area contributed by atoms with E-state index in [1.807, 2.05) is 13.0 Å². The summed E-state index contributed by atoms with van der Waals surface area (Å²) in [6.45, 7) is 5.22. The molecule has 18 heavy (non-hydrogen) atoms. The van der Waals surface area contributed by atoms with Crippen LogP contribution in [0, 0.1) is 5.82 Å². The second-order valence-electron chi connectivity index (χ2n) is 4.81. The van der Waals surface area contributed by atoms with Crippen LogP contribution in [0.1, 0.15) is 25.3 Å². The van der Waals surface area contributed by atoms with Crippen molar-refractivity contribution in [3.8, 4) is 5.75 Å². The zero-order chi connectivity index (χ0) is 13.0. The molecule has 0 spiro atoms. The minimum Gasteiger partial charge on any atom is -0.491 e. The lowest BCUT2D eigenvalue weighted by Gasteiger charge is -2.30. The minimum atomic E-state index is -0.290. The molecule has 0 saturated carbocycles. The fraction of sp³-hybridized carbons (Fsp3) is 0.571. The number of piperidine rings is 1. The predicted molar refractivity (Wildman–Crippen MR) is 70.1 cm³/mol. The van der Waals surface area contributed by atoms with E-state index in [0.717, 1.165) is 38.0 Å². The molecule has 0 amide bonds. The van der Waals surface area contributed by atoms with Crippen molar-refractivity contribution in [2.45, 2.75) is 32.4 Å². The third kappa shape index (κ3) is 3.43. The molecule has 1 aromatic rings. The van der Waals surface area contributed by atoms with Gasteiger partial charge in [-0.1, -0.05) is 6.07 Å². The van der Waals surface area contributed by atoms with Crippen molar-refractivity contribution in [3.63, 3.8) is 0 Å². The lowest BCUT2D eigenvalue weighted by atomic mass is 10.1. The SMILES string of the molecule is CCOc1cc(CN2CCC(N)CC2)ccc1F. The Bertz CT molecular complexity index is 389. The Hall–Kier alpha value is -1.13. The van der Waals surface area contributed by atoms with Gasteiger partial charge in [0.15, 0.2) is 11.6 Å². The van der Waals surface area contributed by atoms with E-state index < -0.39 is 0 Å². The number of nitrogens with two attached hydrogens (primary N) is 1. The van der Waals surface area contributed by atoms with Crippen molar-refractivity contribution in [3.05, 3.63) is 29.6 Å². The van der Waals surface area contributed by atoms with Gasteiger partial charge in [0.05, 0.1) is 6.61 Å². The molecule has 0 aliphatic carbocycles. The third-order valence-corrected chi connectivity index (χ3v) is 3.33. The lowest BCUT2D eigenvalue weighted by molar-refractivity contribution is 0.205. The predicted octanol–water partition coefficient (Wildman–Crippen LogP) is 2.15. The molecule has 0 unspecified atom stereocenters. The Morgan fingerprint density at radius 3 is 2.78 bits per heavy atom. The Kier molecular flexibility index (Phi) is 4.55. The first-order chi connectivity index (χ1) is 8.69. The van der Waals surface area contributed by atoms with Gasteiger partial charge in [-0.3, -0.25) is 4.90 Å². The zero-order valence-corrected chi connectivity index (χ0v) is 10.9. The summed E-state index contributed by atoms with van der Waals surface area (Å²) < 4.78 is 18.7. The largest absolute Gasteiger partial charge is 0.491 e. The number of rotatable bonds is 4. The summed E-state index contributed by atoms with van der Waals surface area (Å²) >= 11 is 0. The fourth-order valence-corrected chi connectivity index (χ4v) is 2.28. The van der Waals surface area contributed by atoms with Crippen molar-refractivity contribution in [1.29, 1.82) is 0 Å². The van der Waals surface area contributed by atoms with Crippen molar-refractivity contribution in [2.75, 3.05) is 19.7 Å². The highest BCUT2D eigenvalue weighted by Crippen LogP contribution is 2.21. The molecule has 1 aliphatic heterocycles. The molecule has 1 heterocycles. The van der Waals surface area contributed by atoms with Gasteiger partial charge < -0.3 is 10.5 Å². The highest BCUT2D eigenvalue weighted by molar-refractivity contribution is 5.30. The van der Waals surface area contributed by atoms with E-state index in [2.05, 4.69) is 4.90 Å². The average Bonchev–Trinajstić information content (AvgIpc) is 2.37. The van der Waals surface area contributed by atoms with Crippen molar-refractivity contribution < 1.29 is 9.13 Å². The number of benzene rings is 1. The van der Waals surface area contributed by atoms with Crippen molar-refractivity contribution >= 4 is 0 Å². The number of hydrogen-bond donors (Lipinski definition) is 1. The topological polar surface area (TPSA) is 38.5 Å². The first-order valence-electron chi connectivity index (χ1n) is 6.58. The highest BCUT2D eigenvalue weighted by Gasteiger charge is 2.16. The van der Waals surface area contributed by atoms with Crippen LogP contribution in [0.2, 0.25) is 0 Å². The second kappa shape index (κ2) is 6.16. The van der Waals surface area contributed by atoms with Gasteiger partial charge in [-0.2, -0.15) is 0 Å². The summed E-state index contributed by atoms with van der Waals surface area (Å²) in [5.74, 6) is 0.0602. The molecule has 0 atom stereocenters. The van der Waals surface area contributed by atoms with E-state index in [9.17, 15) is 4.39 Å². The lowest BCUT2D eigenvalue weighted by Crippen LogP contribution is -2.39. The maximum atomic E-state index is 13.4. The summed E-state index contributed by atoms with van der Waals surface area (Å²) in [5.41, 5.74) is 6.97. The van der Waals surface area contributed by atoms with E-state index in [4.69, 9.17) is 10.5 Å². The first kappa shape index (κ1) is 13.3. The van der Waals surface area contributed by atoms with E-state index in [1.165, 1.54) is 6.07 Å². The van der Waals surface area contributed by atoms with Crippen LogP contribution in [-0.2, 0) is 6.54 Å². The van der Waals surface area contributed by atoms with Crippen LogP contribution >= 0.6 is 0 Å². The van der Waals surface area contributed by atoms with Gasteiger partial charge in [0.1, 0.15) is 0 Å². The van der Waals surface area contributed by atoms with Gasteiger partial charge >= 0.3 is 0 Å². The molecule has 0 radical (unpaired) electrons. The zero-order valence-electron chi connectivity index (χ0n) is 10.9. The molecule has 1 saturated heterocycles. The molecule has 3 nitrogen and oxygen atoms in total. The van der Waals surface area contributed by atoms with Gasteiger partial charge in [-0.15, -0.1) is 0 Å². The van der Waals surface area contributed by atoms with Crippen molar-refractivity contribution in [1.82, 2.24) is 4.90 Å². The van der Waals surface area contributed by atoms with E-state index in [0.29, 0.717) is 18.4 Å². The maximum Gasteiger partial charge on any atom is 0.165 e. The van der Waals surface area contributed by atoms with Crippen LogP contribution in [0.15, 0.2) is 18.2 Å². The van der Waals surface area contributed by atoms with E-state index >= 15 is 0 Å². The molecule has 0 aromatic heterocycles. The average molecular weight is 252 g/mol. The summed E-state index contributed by atoms with van der Waals surface area (Å²) in [5, 5.41) is 0. The highest BCUT2D eigenvalue weighted by atomic mass is 19.1. The summed E-state index contributed by atoms with van der Waals surface area (Å²) in [6, 6.07) is 5.45. The molecule has 2 rings (SSSR count). The fourth-order valence-electron chi connectivity index (χ4n) is 2.28. The van der Waals surface area contributed by atoms with Crippen LogP contribution in [0.4, 0.5) is 4.39 Å². The molecule has 1 fully saturated rings. The quantitative estimate of drug-likeness (QED) is 0.892. The van der Waals surface area contributed by atoms with Gasteiger partial charge in [-0.05, 0) is 50.6 Å². The Balaban J connectivity index is 1.98. The standard InChI is InChI=1S/C14H21FN2O/c1-2-18-14-9-11(3-4-13(14)15)10-17-7-5-12(16)6-8-17/h3-4,9,12H,2,5-8,10,16H2,1H3. The van der Waals surface area contributed by atoms with Gasteiger partial charge in [0.25, 0.3) is 0 Å². The number of nitrogens with zero attached hydrogens (tertiary/aromatic N) is 1. The number of likely N-dealkylation sites (tertiary alicyclic amines) is 1. The Labute approximate surface area is 108 Å². The van der Waals surface area contributed by atoms with Crippen LogP contribution in [0.25, 0.3) is 0 Å². The summed E-state index contributed by atoms with van der Waals surface area (Å²) in [6.07, 6.45) is 2.08. The van der Waals surface area contributed by atoms with Gasteiger partial charge in [0, 0.05) is 12.6 Å². The molecule has 0 bridgehead atoms. The Morgan fingerprint density at radius 1 is 1.39 bits per heavy atom. The third-order valence-electron chi connectivity index (χ3n) is 3.33. The number of hydrogen-bond acceptors (Lipinski definition) is 3. The Morgan fingerprint density at radius 2 is 2.11 bits per heavy atom. The number of halogens is 1. The maximum absolute atomic E-state index is 13.4. The monoisotopic (exact) mass is 252 g/mol. The summed E-state index contributed by atoms with van der Waals surface area (Å²) in [4.78, 5) is 2.35. The van der Waals surface area contributed by atoms with Crippen LogP contribution in [0.5, 0.6) is 5.75 Å². The molecule has 1 aliphatic rings. The van der Waals surface area contributed by atoms with Crippen LogP contribution < -0.4 is 10.5 Å². The molecule has 1 aromatic carbocycles. The minimum absolute atomic E-state index is 0.290. The normalized spacial score (nSPS) is 17.9. The molecular weight excluding hydrogens is 231 g/mol. The van der Waals surface area contributed by atoms with E-state index in [-0.39, 0.29) is 5.82 Å². The summed E-state index contributed by atoms with van der Waals surface area (Å²) in [7, 11) is 0. The molecule has 100 valence electrons. The van der Waals surface area contributed by atoms with Crippen LogP contribution in [0.3, 0.4) is 0 Å². The van der Waals surface area contributed by atoms with Gasteiger partial charge in [-0.25, -0.2) is 4.39 Å². The molecule has 4 heteroatoms. The first-order valence-corrected chi connectivity index (χ1v) is 6.58. The molecular formula is C14H21FN2O. The second-order valence-corrected chi connectivity index (χ2v) is 4.81. The van der Waals surface area contributed by atoms with Crippen molar-refractivity contribution in [2.24, 2.45) is 5.73 Å².